The molecule has 0 aromatic carbocycles. The molecule has 75 heavy (non-hydrogen) atoms. The Bertz CT molecular complexity index is 1430. The minimum absolute atomic E-state index is 0.0901. The molecule has 0 fully saturated rings. The Labute approximate surface area is 465 Å². The Hall–Kier alpha value is -3.41. The molecule has 0 aromatic heterocycles. The first-order valence-electron chi connectivity index (χ1n) is 32.1. The molecule has 0 amide bonds. The van der Waals surface area contributed by atoms with Crippen LogP contribution >= 0.6 is 0 Å². The van der Waals surface area contributed by atoms with Gasteiger partial charge in [-0.05, 0) is 89.9 Å². The van der Waals surface area contributed by atoms with Gasteiger partial charge in [0.1, 0.15) is 13.2 Å². The molecule has 0 radical (unpaired) electrons. The minimum atomic E-state index is -0.797. The molecule has 0 aliphatic rings. The average molecular weight is 1050 g/mol. The highest BCUT2D eigenvalue weighted by Gasteiger charge is 2.19. The van der Waals surface area contributed by atoms with Crippen LogP contribution in [-0.4, -0.2) is 37.2 Å². The molecule has 0 spiro atoms. The van der Waals surface area contributed by atoms with Gasteiger partial charge in [0.2, 0.25) is 0 Å². The van der Waals surface area contributed by atoms with Crippen LogP contribution in [0, 0.1) is 0 Å². The van der Waals surface area contributed by atoms with Crippen molar-refractivity contribution in [2.75, 3.05) is 13.2 Å². The van der Waals surface area contributed by atoms with Gasteiger partial charge in [0.05, 0.1) is 0 Å². The summed E-state index contributed by atoms with van der Waals surface area (Å²) in [6, 6.07) is 0. The van der Waals surface area contributed by atoms with Gasteiger partial charge < -0.3 is 14.2 Å². The average Bonchev–Trinajstić information content (AvgIpc) is 3.41. The molecule has 6 heteroatoms. The predicted molar refractivity (Wildman–Crippen MR) is 325 cm³/mol. The molecule has 0 saturated carbocycles. The van der Waals surface area contributed by atoms with E-state index in [2.05, 4.69) is 106 Å². The summed E-state index contributed by atoms with van der Waals surface area (Å²) in [4.78, 5) is 38.3. The van der Waals surface area contributed by atoms with Gasteiger partial charge >= 0.3 is 17.9 Å². The monoisotopic (exact) mass is 1040 g/mol. The summed E-state index contributed by atoms with van der Waals surface area (Å²) in [6.07, 6.45) is 83.1. The van der Waals surface area contributed by atoms with Gasteiger partial charge in [-0.3, -0.25) is 14.4 Å². The number of allylic oxidation sites excluding steroid dienone is 14. The Kier molecular flexibility index (Phi) is 60.3. The van der Waals surface area contributed by atoms with Gasteiger partial charge in [-0.25, -0.2) is 0 Å². The number of rotatable bonds is 58. The number of carbonyl (C=O) groups excluding carboxylic acids is 3. The third kappa shape index (κ3) is 61.3. The van der Waals surface area contributed by atoms with Gasteiger partial charge in [0.15, 0.2) is 6.10 Å². The van der Waals surface area contributed by atoms with Crippen molar-refractivity contribution < 1.29 is 28.6 Å². The molecule has 0 saturated heterocycles. The maximum Gasteiger partial charge on any atom is 0.306 e. The third-order valence-corrected chi connectivity index (χ3v) is 13.9. The highest BCUT2D eigenvalue weighted by atomic mass is 16.6. The molecule has 0 heterocycles. The van der Waals surface area contributed by atoms with Crippen LogP contribution in [0.4, 0.5) is 0 Å². The smallest absolute Gasteiger partial charge is 0.306 e. The fraction of sp³-hybridized carbons (Fsp3) is 0.754. The third-order valence-electron chi connectivity index (χ3n) is 13.9. The van der Waals surface area contributed by atoms with Gasteiger partial charge in [-0.15, -0.1) is 0 Å². The molecule has 0 aromatic rings. The highest BCUT2D eigenvalue weighted by molar-refractivity contribution is 5.71. The molecular formula is C69H120O6. The van der Waals surface area contributed by atoms with Crippen LogP contribution in [0.1, 0.15) is 316 Å². The second-order valence-electron chi connectivity index (χ2n) is 21.3. The Balaban J connectivity index is 4.32. The van der Waals surface area contributed by atoms with Crippen LogP contribution in [0.15, 0.2) is 85.1 Å². The maximum absolute atomic E-state index is 12.9. The van der Waals surface area contributed by atoms with Gasteiger partial charge in [0.25, 0.3) is 0 Å². The Morgan fingerprint density at radius 2 is 0.520 bits per heavy atom. The predicted octanol–water partition coefficient (Wildman–Crippen LogP) is 21.9. The zero-order chi connectivity index (χ0) is 54.3. The van der Waals surface area contributed by atoms with E-state index in [-0.39, 0.29) is 31.1 Å². The first kappa shape index (κ1) is 71.6. The van der Waals surface area contributed by atoms with Crippen LogP contribution in [0.3, 0.4) is 0 Å². The van der Waals surface area contributed by atoms with E-state index in [1.54, 1.807) is 0 Å². The van der Waals surface area contributed by atoms with Crippen LogP contribution in [0.5, 0.6) is 0 Å². The fourth-order valence-electron chi connectivity index (χ4n) is 9.16. The van der Waals surface area contributed by atoms with Crippen LogP contribution < -0.4 is 0 Å². The lowest BCUT2D eigenvalue weighted by Crippen LogP contribution is -2.30. The van der Waals surface area contributed by atoms with E-state index < -0.39 is 6.10 Å². The Morgan fingerprint density at radius 3 is 0.813 bits per heavy atom. The minimum Gasteiger partial charge on any atom is -0.462 e. The van der Waals surface area contributed by atoms with Crippen molar-refractivity contribution in [3.05, 3.63) is 85.1 Å². The van der Waals surface area contributed by atoms with Gasteiger partial charge in [-0.1, -0.05) is 292 Å². The summed E-state index contributed by atoms with van der Waals surface area (Å²) >= 11 is 0. The maximum atomic E-state index is 12.9. The number of carbonyl (C=O) groups is 3. The molecule has 0 bridgehead atoms. The molecule has 0 rings (SSSR count). The van der Waals surface area contributed by atoms with E-state index >= 15 is 0 Å². The summed E-state index contributed by atoms with van der Waals surface area (Å²) in [5, 5.41) is 0. The van der Waals surface area contributed by atoms with Crippen LogP contribution in [0.2, 0.25) is 0 Å². The number of esters is 3. The van der Waals surface area contributed by atoms with E-state index in [0.717, 1.165) is 135 Å². The second kappa shape index (κ2) is 63.1. The summed E-state index contributed by atoms with van der Waals surface area (Å²) in [5.74, 6) is -0.919. The van der Waals surface area contributed by atoms with Crippen molar-refractivity contribution in [1.82, 2.24) is 0 Å². The first-order valence-corrected chi connectivity index (χ1v) is 32.1. The van der Waals surface area contributed by atoms with Crippen molar-refractivity contribution in [3.8, 4) is 0 Å². The van der Waals surface area contributed by atoms with Gasteiger partial charge in [0, 0.05) is 19.3 Å². The number of ether oxygens (including phenoxy) is 3. The lowest BCUT2D eigenvalue weighted by molar-refractivity contribution is -0.167. The highest BCUT2D eigenvalue weighted by Crippen LogP contribution is 2.17. The molecule has 1 atom stereocenters. The van der Waals surface area contributed by atoms with E-state index in [4.69, 9.17) is 14.2 Å². The SMILES string of the molecule is CC/C=C\C/C=C\C/C=C\C/C=C\CCCCCCC(=O)OC(COC(=O)CCCCCCC/C=C\C/C=C\C/C=C\CC)COC(=O)CCCCCCCCCCCCCCCCCCCCCCCCCCC. The van der Waals surface area contributed by atoms with Crippen molar-refractivity contribution in [1.29, 1.82) is 0 Å². The van der Waals surface area contributed by atoms with Crippen LogP contribution in [-0.2, 0) is 28.6 Å². The summed E-state index contributed by atoms with van der Waals surface area (Å²) in [6.45, 7) is 6.42. The molecule has 6 nitrogen and oxygen atoms in total. The zero-order valence-corrected chi connectivity index (χ0v) is 49.6. The quantitative estimate of drug-likeness (QED) is 0.0261. The second-order valence-corrected chi connectivity index (χ2v) is 21.3. The molecular weight excluding hydrogens is 925 g/mol. The molecule has 0 aliphatic carbocycles. The first-order chi connectivity index (χ1) is 37.0. The summed E-state index contributed by atoms with van der Waals surface area (Å²) in [7, 11) is 0. The number of hydrogen-bond acceptors (Lipinski definition) is 6. The normalized spacial score (nSPS) is 12.6. The molecule has 0 N–H and O–H groups in total. The van der Waals surface area contributed by atoms with E-state index in [1.807, 2.05) is 0 Å². The number of hydrogen-bond donors (Lipinski definition) is 0. The van der Waals surface area contributed by atoms with E-state index in [9.17, 15) is 14.4 Å². The lowest BCUT2D eigenvalue weighted by Gasteiger charge is -2.18. The lowest BCUT2D eigenvalue weighted by atomic mass is 10.0. The molecule has 0 aliphatic heterocycles. The van der Waals surface area contributed by atoms with Crippen molar-refractivity contribution >= 4 is 17.9 Å². The van der Waals surface area contributed by atoms with Crippen molar-refractivity contribution in [3.63, 3.8) is 0 Å². The standard InChI is InChI=1S/C69H120O6/c1-4-7-10-13-16-19-22-25-28-30-31-32-33-34-35-36-37-39-41-44-47-50-53-56-59-62-68(71)74-65-66(64-73-67(70)61-58-55-52-49-46-43-40-27-24-21-18-15-12-9-6-3)75-69(72)63-60-57-54-51-48-45-42-38-29-26-23-20-17-14-11-8-5-2/h8-9,11-12,17-18,20-21,26-27,29,40,42,45,66H,4-7,10,13-16,19,22-25,28,30-39,41,43-44,46-65H2,1-3H3/b11-8-,12-9-,20-17-,21-18-,29-26-,40-27-,45-42-. The summed E-state index contributed by atoms with van der Waals surface area (Å²) < 4.78 is 16.9. The van der Waals surface area contributed by atoms with E-state index in [1.165, 1.54) is 141 Å². The Morgan fingerprint density at radius 1 is 0.280 bits per heavy atom. The van der Waals surface area contributed by atoms with Gasteiger partial charge in [-0.2, -0.15) is 0 Å². The largest absolute Gasteiger partial charge is 0.462 e. The molecule has 432 valence electrons. The fourth-order valence-corrected chi connectivity index (χ4v) is 9.16. The van der Waals surface area contributed by atoms with Crippen molar-refractivity contribution in [2.24, 2.45) is 0 Å². The molecule has 1 unspecified atom stereocenters. The number of unbranched alkanes of at least 4 members (excludes halogenated alkanes) is 33. The zero-order valence-electron chi connectivity index (χ0n) is 49.6. The van der Waals surface area contributed by atoms with Crippen LogP contribution in [0.25, 0.3) is 0 Å². The summed E-state index contributed by atoms with van der Waals surface area (Å²) in [5.41, 5.74) is 0. The van der Waals surface area contributed by atoms with E-state index in [0.29, 0.717) is 19.3 Å². The topological polar surface area (TPSA) is 78.9 Å². The van der Waals surface area contributed by atoms with Crippen molar-refractivity contribution in [2.45, 2.75) is 322 Å².